The minimum Gasteiger partial charge on any atom is -0.483 e. The molecule has 1 unspecified atom stereocenters. The number of benzene rings is 1. The van der Waals surface area contributed by atoms with Gasteiger partial charge in [-0.25, -0.2) is 0 Å². The van der Waals surface area contributed by atoms with Gasteiger partial charge in [-0.3, -0.25) is 0 Å². The van der Waals surface area contributed by atoms with Crippen molar-refractivity contribution in [2.75, 3.05) is 0 Å². The SMILES string of the molecule is Cc1nnc(COc2c(C)cccc2CC(C)N)o1. The average Bonchev–Trinajstić information content (AvgIpc) is 2.73. The van der Waals surface area contributed by atoms with E-state index in [4.69, 9.17) is 14.9 Å². The molecule has 2 N–H and O–H groups in total. The van der Waals surface area contributed by atoms with E-state index in [-0.39, 0.29) is 12.6 Å². The first kappa shape index (κ1) is 13.5. The van der Waals surface area contributed by atoms with E-state index in [9.17, 15) is 0 Å². The van der Waals surface area contributed by atoms with Crippen molar-refractivity contribution in [1.29, 1.82) is 0 Å². The maximum Gasteiger partial charge on any atom is 0.253 e. The Morgan fingerprint density at radius 3 is 2.74 bits per heavy atom. The van der Waals surface area contributed by atoms with Gasteiger partial charge in [-0.05, 0) is 31.4 Å². The fraction of sp³-hybridized carbons (Fsp3) is 0.429. The van der Waals surface area contributed by atoms with Crippen molar-refractivity contribution in [1.82, 2.24) is 10.2 Å². The Morgan fingerprint density at radius 2 is 2.11 bits per heavy atom. The highest BCUT2D eigenvalue weighted by Crippen LogP contribution is 2.25. The van der Waals surface area contributed by atoms with Crippen LogP contribution in [-0.2, 0) is 13.0 Å². The van der Waals surface area contributed by atoms with Crippen LogP contribution >= 0.6 is 0 Å². The van der Waals surface area contributed by atoms with Gasteiger partial charge in [0.05, 0.1) is 0 Å². The molecule has 1 aromatic heterocycles. The van der Waals surface area contributed by atoms with Crippen molar-refractivity contribution in [3.8, 4) is 5.75 Å². The summed E-state index contributed by atoms with van der Waals surface area (Å²) in [5, 5.41) is 7.69. The highest BCUT2D eigenvalue weighted by molar-refractivity contribution is 5.41. The van der Waals surface area contributed by atoms with Gasteiger partial charge in [0.1, 0.15) is 5.75 Å². The first-order valence-corrected chi connectivity index (χ1v) is 6.32. The summed E-state index contributed by atoms with van der Waals surface area (Å²) < 4.78 is 11.1. The number of para-hydroxylation sites is 1. The van der Waals surface area contributed by atoms with Gasteiger partial charge >= 0.3 is 0 Å². The van der Waals surface area contributed by atoms with Crippen LogP contribution in [0, 0.1) is 13.8 Å². The van der Waals surface area contributed by atoms with Crippen molar-refractivity contribution in [3.63, 3.8) is 0 Å². The van der Waals surface area contributed by atoms with E-state index in [1.165, 1.54) is 0 Å². The molecule has 1 aromatic carbocycles. The van der Waals surface area contributed by atoms with Crippen molar-refractivity contribution in [2.24, 2.45) is 5.73 Å². The summed E-state index contributed by atoms with van der Waals surface area (Å²) in [4.78, 5) is 0. The summed E-state index contributed by atoms with van der Waals surface area (Å²) in [6, 6.07) is 6.15. The van der Waals surface area contributed by atoms with Gasteiger partial charge in [-0.1, -0.05) is 18.2 Å². The molecule has 0 saturated heterocycles. The summed E-state index contributed by atoms with van der Waals surface area (Å²) in [5.74, 6) is 1.88. The number of ether oxygens (including phenoxy) is 1. The van der Waals surface area contributed by atoms with E-state index in [1.54, 1.807) is 6.92 Å². The van der Waals surface area contributed by atoms with Crippen molar-refractivity contribution >= 4 is 0 Å². The van der Waals surface area contributed by atoms with E-state index in [2.05, 4.69) is 10.2 Å². The third-order valence-corrected chi connectivity index (χ3v) is 2.74. The number of aryl methyl sites for hydroxylation is 2. The minimum atomic E-state index is 0.0924. The maximum absolute atomic E-state index is 5.86. The maximum atomic E-state index is 5.86. The van der Waals surface area contributed by atoms with Crippen LogP contribution in [0.15, 0.2) is 22.6 Å². The Labute approximate surface area is 112 Å². The molecule has 0 radical (unpaired) electrons. The molecule has 1 heterocycles. The lowest BCUT2D eigenvalue weighted by Gasteiger charge is -2.14. The average molecular weight is 261 g/mol. The van der Waals surface area contributed by atoms with Gasteiger partial charge in [0, 0.05) is 13.0 Å². The van der Waals surface area contributed by atoms with Gasteiger partial charge in [-0.15, -0.1) is 10.2 Å². The molecule has 0 fully saturated rings. The van der Waals surface area contributed by atoms with Crippen molar-refractivity contribution in [3.05, 3.63) is 41.1 Å². The third kappa shape index (κ3) is 3.54. The lowest BCUT2D eigenvalue weighted by molar-refractivity contribution is 0.256. The fourth-order valence-corrected chi connectivity index (χ4v) is 1.96. The van der Waals surface area contributed by atoms with E-state index >= 15 is 0 Å². The van der Waals surface area contributed by atoms with E-state index in [0.29, 0.717) is 11.8 Å². The van der Waals surface area contributed by atoms with Crippen LogP contribution < -0.4 is 10.5 Å². The Hall–Kier alpha value is -1.88. The summed E-state index contributed by atoms with van der Waals surface area (Å²) in [6.45, 7) is 6.02. The van der Waals surface area contributed by atoms with Crippen LogP contribution in [0.25, 0.3) is 0 Å². The monoisotopic (exact) mass is 261 g/mol. The first-order valence-electron chi connectivity index (χ1n) is 6.32. The van der Waals surface area contributed by atoms with Gasteiger partial charge in [0.25, 0.3) is 5.89 Å². The van der Waals surface area contributed by atoms with Gasteiger partial charge in [0.2, 0.25) is 5.89 Å². The lowest BCUT2D eigenvalue weighted by atomic mass is 10.0. The Bertz CT molecular complexity index is 549. The summed E-state index contributed by atoms with van der Waals surface area (Å²) in [5.41, 5.74) is 8.04. The molecule has 0 bridgehead atoms. The molecule has 0 aliphatic carbocycles. The van der Waals surface area contributed by atoms with Gasteiger partial charge in [0.15, 0.2) is 6.61 Å². The van der Waals surface area contributed by atoms with Crippen LogP contribution in [-0.4, -0.2) is 16.2 Å². The second kappa shape index (κ2) is 5.84. The molecule has 2 rings (SSSR count). The summed E-state index contributed by atoms with van der Waals surface area (Å²) in [6.07, 6.45) is 0.778. The zero-order valence-electron chi connectivity index (χ0n) is 11.5. The zero-order valence-corrected chi connectivity index (χ0v) is 11.5. The van der Waals surface area contributed by atoms with E-state index < -0.39 is 0 Å². The molecule has 0 saturated carbocycles. The topological polar surface area (TPSA) is 74.2 Å². The molecule has 0 aliphatic rings. The molecule has 1 atom stereocenters. The summed E-state index contributed by atoms with van der Waals surface area (Å²) in [7, 11) is 0. The Kier molecular flexibility index (Phi) is 4.16. The number of hydrogen-bond acceptors (Lipinski definition) is 5. The molecular formula is C14H19N3O2. The minimum absolute atomic E-state index is 0.0924. The number of nitrogens with zero attached hydrogens (tertiary/aromatic N) is 2. The quantitative estimate of drug-likeness (QED) is 0.892. The number of nitrogens with two attached hydrogens (primary N) is 1. The lowest BCUT2D eigenvalue weighted by Crippen LogP contribution is -2.18. The molecule has 0 spiro atoms. The molecule has 19 heavy (non-hydrogen) atoms. The Morgan fingerprint density at radius 1 is 1.32 bits per heavy atom. The number of aromatic nitrogens is 2. The number of rotatable bonds is 5. The molecule has 5 nitrogen and oxygen atoms in total. The zero-order chi connectivity index (χ0) is 13.8. The van der Waals surface area contributed by atoms with Crippen LogP contribution in [0.5, 0.6) is 5.75 Å². The smallest absolute Gasteiger partial charge is 0.253 e. The van der Waals surface area contributed by atoms with Crippen LogP contribution in [0.1, 0.15) is 29.8 Å². The van der Waals surface area contributed by atoms with Crippen molar-refractivity contribution in [2.45, 2.75) is 39.8 Å². The predicted octanol–water partition coefficient (Wildman–Crippen LogP) is 2.16. The second-order valence-corrected chi connectivity index (χ2v) is 4.75. The second-order valence-electron chi connectivity index (χ2n) is 4.75. The van der Waals surface area contributed by atoms with Crippen LogP contribution in [0.2, 0.25) is 0 Å². The van der Waals surface area contributed by atoms with E-state index in [1.807, 2.05) is 32.0 Å². The molecule has 0 aliphatic heterocycles. The molecule has 2 aromatic rings. The first-order chi connectivity index (χ1) is 9.06. The highest BCUT2D eigenvalue weighted by Gasteiger charge is 2.11. The van der Waals surface area contributed by atoms with Crippen LogP contribution in [0.4, 0.5) is 0 Å². The van der Waals surface area contributed by atoms with Crippen molar-refractivity contribution < 1.29 is 9.15 Å². The molecular weight excluding hydrogens is 242 g/mol. The normalized spacial score (nSPS) is 12.4. The highest BCUT2D eigenvalue weighted by atomic mass is 16.5. The predicted molar refractivity (Wildman–Crippen MR) is 71.9 cm³/mol. The Balaban J connectivity index is 2.14. The summed E-state index contributed by atoms with van der Waals surface area (Å²) >= 11 is 0. The fourth-order valence-electron chi connectivity index (χ4n) is 1.96. The largest absolute Gasteiger partial charge is 0.483 e. The molecule has 102 valence electrons. The van der Waals surface area contributed by atoms with Crippen LogP contribution in [0.3, 0.4) is 0 Å². The third-order valence-electron chi connectivity index (χ3n) is 2.74. The number of hydrogen-bond donors (Lipinski definition) is 1. The van der Waals surface area contributed by atoms with E-state index in [0.717, 1.165) is 23.3 Å². The van der Waals surface area contributed by atoms with Gasteiger partial charge in [-0.2, -0.15) is 0 Å². The molecule has 5 heteroatoms. The standard InChI is InChI=1S/C14H19N3O2/c1-9-5-4-6-12(7-10(2)15)14(9)18-8-13-17-16-11(3)19-13/h4-6,10H,7-8,15H2,1-3H3. The van der Waals surface area contributed by atoms with Gasteiger partial charge < -0.3 is 14.9 Å². The molecule has 0 amide bonds.